The number of fused-ring (bicyclic) bond motifs is 1. The first kappa shape index (κ1) is 18.8. The van der Waals surface area contributed by atoms with E-state index >= 15 is 0 Å². The number of ether oxygens (including phenoxy) is 1. The number of benzene rings is 1. The molecule has 0 saturated carbocycles. The van der Waals surface area contributed by atoms with Crippen LogP contribution in [0.5, 0.6) is 5.75 Å². The highest BCUT2D eigenvalue weighted by Gasteiger charge is 2.45. The Morgan fingerprint density at radius 1 is 1.21 bits per heavy atom. The average Bonchev–Trinajstić information content (AvgIpc) is 2.56. The van der Waals surface area contributed by atoms with Gasteiger partial charge in [-0.15, -0.1) is 0 Å². The van der Waals surface area contributed by atoms with Crippen LogP contribution in [0.25, 0.3) is 0 Å². The molecule has 2 atom stereocenters. The van der Waals surface area contributed by atoms with Crippen molar-refractivity contribution in [3.63, 3.8) is 0 Å². The molecule has 0 spiro atoms. The fraction of sp³-hybridized carbons (Fsp3) is 0.650. The van der Waals surface area contributed by atoms with E-state index in [1.807, 2.05) is 26.0 Å². The van der Waals surface area contributed by atoms with E-state index in [0.29, 0.717) is 5.56 Å². The van der Waals surface area contributed by atoms with Gasteiger partial charge in [-0.1, -0.05) is 26.7 Å². The first-order valence-corrected chi connectivity index (χ1v) is 9.09. The molecule has 0 amide bonds. The van der Waals surface area contributed by atoms with Crippen molar-refractivity contribution in [2.24, 2.45) is 0 Å². The van der Waals surface area contributed by atoms with Crippen LogP contribution in [-0.2, 0) is 0 Å². The largest absolute Gasteiger partial charge is 0.485 e. The van der Waals surface area contributed by atoms with Gasteiger partial charge in [0, 0.05) is 5.56 Å². The molecule has 1 aromatic carbocycles. The van der Waals surface area contributed by atoms with E-state index < -0.39 is 11.7 Å². The molecule has 132 valence electrons. The minimum absolute atomic E-state index is 0.129. The Bertz CT molecular complexity index is 584. The summed E-state index contributed by atoms with van der Waals surface area (Å²) in [6, 6.07) is 7.60. The molecule has 1 N–H and O–H groups in total. The third-order valence-electron chi connectivity index (χ3n) is 4.83. The fourth-order valence-electron chi connectivity index (χ4n) is 3.34. The highest BCUT2D eigenvalue weighted by molar-refractivity contribution is 5.46. The normalized spacial score (nSPS) is 21.9. The third-order valence-corrected chi connectivity index (χ3v) is 4.83. The lowest BCUT2D eigenvalue weighted by atomic mass is 9.84. The van der Waals surface area contributed by atoms with Crippen LogP contribution in [0.1, 0.15) is 70.5 Å². The number of nitriles is 1. The molecule has 1 heterocycles. The van der Waals surface area contributed by atoms with Gasteiger partial charge in [0.1, 0.15) is 17.5 Å². The van der Waals surface area contributed by atoms with Crippen LogP contribution in [0.4, 0.5) is 0 Å². The summed E-state index contributed by atoms with van der Waals surface area (Å²) in [6.45, 7) is 10.1. The lowest BCUT2D eigenvalue weighted by Gasteiger charge is -2.46. The Morgan fingerprint density at radius 2 is 1.83 bits per heavy atom. The molecular weight excluding hydrogens is 300 g/mol. The Labute approximate surface area is 146 Å². The fourth-order valence-corrected chi connectivity index (χ4v) is 3.34. The maximum absolute atomic E-state index is 11.0. The van der Waals surface area contributed by atoms with Gasteiger partial charge in [-0.25, -0.2) is 0 Å². The van der Waals surface area contributed by atoms with Crippen molar-refractivity contribution in [3.8, 4) is 11.8 Å². The average molecular weight is 330 g/mol. The summed E-state index contributed by atoms with van der Waals surface area (Å²) in [4.78, 5) is 2.38. The first-order valence-electron chi connectivity index (χ1n) is 9.09. The molecule has 0 aliphatic carbocycles. The van der Waals surface area contributed by atoms with Crippen LogP contribution in [-0.4, -0.2) is 34.8 Å². The van der Waals surface area contributed by atoms with Crippen LogP contribution < -0.4 is 4.74 Å². The van der Waals surface area contributed by atoms with E-state index in [2.05, 4.69) is 24.8 Å². The third kappa shape index (κ3) is 3.91. The van der Waals surface area contributed by atoms with E-state index in [1.165, 1.54) is 0 Å². The van der Waals surface area contributed by atoms with Crippen molar-refractivity contribution in [2.45, 2.75) is 71.1 Å². The van der Waals surface area contributed by atoms with E-state index in [9.17, 15) is 10.4 Å². The van der Waals surface area contributed by atoms with Gasteiger partial charge in [-0.05, 0) is 58.0 Å². The Hall–Kier alpha value is -1.57. The molecule has 4 nitrogen and oxygen atoms in total. The zero-order chi connectivity index (χ0) is 17.7. The van der Waals surface area contributed by atoms with E-state index in [1.54, 1.807) is 6.07 Å². The van der Waals surface area contributed by atoms with E-state index in [-0.39, 0.29) is 6.04 Å². The second-order valence-electron chi connectivity index (χ2n) is 7.20. The number of rotatable bonds is 7. The van der Waals surface area contributed by atoms with Crippen molar-refractivity contribution in [1.82, 2.24) is 4.90 Å². The number of hydrogen-bond acceptors (Lipinski definition) is 4. The summed E-state index contributed by atoms with van der Waals surface area (Å²) in [6.07, 6.45) is 3.81. The highest BCUT2D eigenvalue weighted by atomic mass is 16.5. The van der Waals surface area contributed by atoms with E-state index in [4.69, 9.17) is 4.74 Å². The maximum atomic E-state index is 11.0. The van der Waals surface area contributed by atoms with Gasteiger partial charge in [-0.2, -0.15) is 5.26 Å². The molecule has 0 radical (unpaired) electrons. The van der Waals surface area contributed by atoms with Crippen molar-refractivity contribution >= 4 is 0 Å². The van der Waals surface area contributed by atoms with Gasteiger partial charge in [0.15, 0.2) is 0 Å². The molecule has 0 fully saturated rings. The Balaban J connectivity index is 2.45. The highest BCUT2D eigenvalue weighted by Crippen LogP contribution is 2.43. The smallest absolute Gasteiger partial charge is 0.131 e. The van der Waals surface area contributed by atoms with Gasteiger partial charge < -0.3 is 9.84 Å². The van der Waals surface area contributed by atoms with Gasteiger partial charge in [0.2, 0.25) is 0 Å². The predicted molar refractivity (Wildman–Crippen MR) is 96.0 cm³/mol. The summed E-state index contributed by atoms with van der Waals surface area (Å²) < 4.78 is 6.03. The lowest BCUT2D eigenvalue weighted by molar-refractivity contribution is -0.0938. The quantitative estimate of drug-likeness (QED) is 0.820. The minimum atomic E-state index is -0.650. The van der Waals surface area contributed by atoms with Gasteiger partial charge in [0.25, 0.3) is 0 Å². The molecule has 4 heteroatoms. The SMILES string of the molecule is CCCCN(CCCC)C1c2cc(C#N)ccc2OC(C)(C)C1O. The number of aliphatic hydroxyl groups excluding tert-OH is 1. The molecule has 2 rings (SSSR count). The zero-order valence-electron chi connectivity index (χ0n) is 15.4. The molecule has 2 unspecified atom stereocenters. The van der Waals surface area contributed by atoms with Crippen LogP contribution >= 0.6 is 0 Å². The molecule has 0 aromatic heterocycles. The molecule has 1 aliphatic rings. The first-order chi connectivity index (χ1) is 11.4. The summed E-state index contributed by atoms with van der Waals surface area (Å²) >= 11 is 0. The van der Waals surface area contributed by atoms with Gasteiger partial charge in [-0.3, -0.25) is 4.90 Å². The monoisotopic (exact) mass is 330 g/mol. The maximum Gasteiger partial charge on any atom is 0.131 e. The predicted octanol–water partition coefficient (Wildman–Crippen LogP) is 4.03. The summed E-state index contributed by atoms with van der Waals surface area (Å²) in [5.41, 5.74) is 0.899. The molecule has 24 heavy (non-hydrogen) atoms. The van der Waals surface area contributed by atoms with Crippen LogP contribution in [0.15, 0.2) is 18.2 Å². The van der Waals surface area contributed by atoms with Gasteiger partial charge in [0.05, 0.1) is 17.7 Å². The Morgan fingerprint density at radius 3 is 2.38 bits per heavy atom. The molecule has 0 bridgehead atoms. The van der Waals surface area contributed by atoms with Crippen LogP contribution in [0.2, 0.25) is 0 Å². The van der Waals surface area contributed by atoms with Crippen molar-refractivity contribution in [1.29, 1.82) is 5.26 Å². The van der Waals surface area contributed by atoms with Crippen molar-refractivity contribution < 1.29 is 9.84 Å². The summed E-state index contributed by atoms with van der Waals surface area (Å²) in [5.74, 6) is 0.785. The molecule has 0 saturated heterocycles. The van der Waals surface area contributed by atoms with Crippen molar-refractivity contribution in [2.75, 3.05) is 13.1 Å². The number of unbranched alkanes of at least 4 members (excludes halogenated alkanes) is 2. The van der Waals surface area contributed by atoms with Crippen LogP contribution in [0.3, 0.4) is 0 Å². The summed E-state index contributed by atoms with van der Waals surface area (Å²) in [5, 5.41) is 20.3. The van der Waals surface area contributed by atoms with Crippen LogP contribution in [0, 0.1) is 11.3 Å². The molecule has 1 aliphatic heterocycles. The standard InChI is InChI=1S/C20H30N2O2/c1-5-7-11-22(12-8-6-2)18-16-13-15(14-21)9-10-17(16)24-20(3,4)19(18)23/h9-10,13,18-19,23H,5-8,11-12H2,1-4H3. The zero-order valence-corrected chi connectivity index (χ0v) is 15.4. The minimum Gasteiger partial charge on any atom is -0.485 e. The second kappa shape index (κ2) is 8.00. The Kier molecular flexibility index (Phi) is 6.26. The second-order valence-corrected chi connectivity index (χ2v) is 7.20. The topological polar surface area (TPSA) is 56.5 Å². The van der Waals surface area contributed by atoms with Gasteiger partial charge >= 0.3 is 0 Å². The van der Waals surface area contributed by atoms with E-state index in [0.717, 1.165) is 50.1 Å². The summed E-state index contributed by atoms with van der Waals surface area (Å²) in [7, 11) is 0. The lowest BCUT2D eigenvalue weighted by Crippen LogP contribution is -2.54. The molecular formula is C20H30N2O2. The number of nitrogens with zero attached hydrogens (tertiary/aromatic N) is 2. The number of aliphatic hydroxyl groups is 1. The number of hydrogen-bond donors (Lipinski definition) is 1. The van der Waals surface area contributed by atoms with Crippen molar-refractivity contribution in [3.05, 3.63) is 29.3 Å². The molecule has 1 aromatic rings.